The van der Waals surface area contributed by atoms with Crippen LogP contribution in [0.5, 0.6) is 0 Å². The fourth-order valence-electron chi connectivity index (χ4n) is 1.45. The minimum absolute atomic E-state index is 0.155. The molecule has 19 heavy (non-hydrogen) atoms. The van der Waals surface area contributed by atoms with Gasteiger partial charge in [-0.25, -0.2) is 0 Å². The molecule has 0 spiro atoms. The number of hydrogen-bond donors (Lipinski definition) is 1. The van der Waals surface area contributed by atoms with Gasteiger partial charge in [-0.15, -0.1) is 6.58 Å². The summed E-state index contributed by atoms with van der Waals surface area (Å²) >= 11 is 1.30. The van der Waals surface area contributed by atoms with Crippen LogP contribution in [0.4, 0.5) is 0 Å². The normalized spacial score (nSPS) is 18.4. The van der Waals surface area contributed by atoms with E-state index in [0.717, 1.165) is 5.56 Å². The van der Waals surface area contributed by atoms with Crippen LogP contribution >= 0.6 is 11.8 Å². The van der Waals surface area contributed by atoms with Gasteiger partial charge < -0.3 is 5.32 Å². The predicted octanol–water partition coefficient (Wildman–Crippen LogP) is 2.30. The Morgan fingerprint density at radius 1 is 1.42 bits per heavy atom. The first-order valence-electron chi connectivity index (χ1n) is 5.59. The van der Waals surface area contributed by atoms with Crippen molar-refractivity contribution in [1.82, 2.24) is 5.32 Å². The molecule has 0 atom stereocenters. The van der Waals surface area contributed by atoms with Gasteiger partial charge in [0, 0.05) is 0 Å². The Hall–Kier alpha value is -2.32. The zero-order chi connectivity index (χ0) is 13.7. The molecule has 94 valence electrons. The number of nitriles is 1. The lowest BCUT2D eigenvalue weighted by Gasteiger charge is -1.94. The van der Waals surface area contributed by atoms with E-state index in [1.54, 1.807) is 36.4 Å². The van der Waals surface area contributed by atoms with Gasteiger partial charge in [0.2, 0.25) is 0 Å². The molecule has 1 fully saturated rings. The van der Waals surface area contributed by atoms with Crippen molar-refractivity contribution in [3.63, 3.8) is 0 Å². The monoisotopic (exact) mass is 269 g/mol. The Labute approximate surface area is 115 Å². The maximum Gasteiger partial charge on any atom is 0.264 e. The standard InChI is InChI=1S/C14H11N3OS/c1-2-7-16-14-17-13(18)12(19-14)8-10-3-5-11(9-15)6-4-10/h2-6,8H,1,7H2,(H,16,17,18)/b12-8-. The third-order valence-corrected chi connectivity index (χ3v) is 3.30. The van der Waals surface area contributed by atoms with Gasteiger partial charge in [0.05, 0.1) is 23.1 Å². The molecule has 1 N–H and O–H groups in total. The molecule has 0 aromatic heterocycles. The summed E-state index contributed by atoms with van der Waals surface area (Å²) in [5.74, 6) is -0.155. The Kier molecular flexibility index (Phi) is 4.16. The van der Waals surface area contributed by atoms with Crippen molar-refractivity contribution in [2.75, 3.05) is 6.54 Å². The van der Waals surface area contributed by atoms with Gasteiger partial charge in [0.1, 0.15) is 0 Å². The number of rotatable bonds is 3. The van der Waals surface area contributed by atoms with Gasteiger partial charge in [-0.1, -0.05) is 18.2 Å². The third kappa shape index (κ3) is 3.33. The van der Waals surface area contributed by atoms with Crippen molar-refractivity contribution >= 4 is 28.9 Å². The van der Waals surface area contributed by atoms with Crippen molar-refractivity contribution in [3.8, 4) is 6.07 Å². The molecule has 5 heteroatoms. The number of amidine groups is 1. The second kappa shape index (κ2) is 6.03. The van der Waals surface area contributed by atoms with E-state index in [1.807, 2.05) is 0 Å². The minimum Gasteiger partial charge on any atom is -0.301 e. The number of amides is 1. The molecule has 2 rings (SSSR count). The van der Waals surface area contributed by atoms with Gasteiger partial charge in [-0.3, -0.25) is 9.79 Å². The Balaban J connectivity index is 2.17. The van der Waals surface area contributed by atoms with Crippen molar-refractivity contribution in [3.05, 3.63) is 53.0 Å². The van der Waals surface area contributed by atoms with Crippen molar-refractivity contribution in [2.24, 2.45) is 4.99 Å². The maximum absolute atomic E-state index is 11.7. The smallest absolute Gasteiger partial charge is 0.264 e. The van der Waals surface area contributed by atoms with Crippen LogP contribution in [-0.4, -0.2) is 17.6 Å². The van der Waals surface area contributed by atoms with Crippen LogP contribution in [0.1, 0.15) is 11.1 Å². The Morgan fingerprint density at radius 2 is 2.16 bits per heavy atom. The number of carbonyl (C=O) groups excluding carboxylic acids is 1. The van der Waals surface area contributed by atoms with E-state index in [0.29, 0.717) is 22.2 Å². The van der Waals surface area contributed by atoms with E-state index in [-0.39, 0.29) is 5.91 Å². The van der Waals surface area contributed by atoms with Crippen LogP contribution in [0.3, 0.4) is 0 Å². The quantitative estimate of drug-likeness (QED) is 0.676. The second-order valence-corrected chi connectivity index (χ2v) is 4.76. The van der Waals surface area contributed by atoms with Crippen molar-refractivity contribution in [1.29, 1.82) is 5.26 Å². The second-order valence-electron chi connectivity index (χ2n) is 3.73. The zero-order valence-corrected chi connectivity index (χ0v) is 10.9. The fraction of sp³-hybridized carbons (Fsp3) is 0.0714. The van der Waals surface area contributed by atoms with E-state index >= 15 is 0 Å². The molecule has 1 aromatic carbocycles. The lowest BCUT2D eigenvalue weighted by Crippen LogP contribution is -2.19. The molecule has 1 amide bonds. The van der Waals surface area contributed by atoms with E-state index in [4.69, 9.17) is 5.26 Å². The van der Waals surface area contributed by atoms with E-state index < -0.39 is 0 Å². The number of nitrogens with one attached hydrogen (secondary N) is 1. The Bertz CT molecular complexity index is 609. The maximum atomic E-state index is 11.7. The molecule has 0 saturated carbocycles. The summed E-state index contributed by atoms with van der Waals surface area (Å²) < 4.78 is 0. The van der Waals surface area contributed by atoms with Crippen molar-refractivity contribution < 1.29 is 4.79 Å². The van der Waals surface area contributed by atoms with Crippen LogP contribution < -0.4 is 5.32 Å². The van der Waals surface area contributed by atoms with Gasteiger partial charge in [0.15, 0.2) is 5.17 Å². The molecule has 1 aliphatic rings. The molecule has 1 saturated heterocycles. The molecule has 0 bridgehead atoms. The first-order chi connectivity index (χ1) is 9.22. The summed E-state index contributed by atoms with van der Waals surface area (Å²) in [6.07, 6.45) is 3.44. The molecule has 1 heterocycles. The highest BCUT2D eigenvalue weighted by molar-refractivity contribution is 8.18. The molecule has 0 unspecified atom stereocenters. The number of nitrogens with zero attached hydrogens (tertiary/aromatic N) is 2. The highest BCUT2D eigenvalue weighted by atomic mass is 32.2. The van der Waals surface area contributed by atoms with Crippen LogP contribution in [0.2, 0.25) is 0 Å². The van der Waals surface area contributed by atoms with Crippen LogP contribution in [0.15, 0.2) is 46.8 Å². The Morgan fingerprint density at radius 3 is 2.79 bits per heavy atom. The van der Waals surface area contributed by atoms with E-state index in [9.17, 15) is 4.79 Å². The molecular formula is C14H11N3OS. The largest absolute Gasteiger partial charge is 0.301 e. The molecule has 1 aromatic rings. The first-order valence-corrected chi connectivity index (χ1v) is 6.41. The molecule has 4 nitrogen and oxygen atoms in total. The highest BCUT2D eigenvalue weighted by Crippen LogP contribution is 2.25. The van der Waals surface area contributed by atoms with Gasteiger partial charge in [-0.2, -0.15) is 5.26 Å². The highest BCUT2D eigenvalue weighted by Gasteiger charge is 2.23. The average molecular weight is 269 g/mol. The summed E-state index contributed by atoms with van der Waals surface area (Å²) in [5, 5.41) is 12.0. The summed E-state index contributed by atoms with van der Waals surface area (Å²) in [5.41, 5.74) is 1.47. The van der Waals surface area contributed by atoms with Crippen LogP contribution in [-0.2, 0) is 4.79 Å². The predicted molar refractivity (Wildman–Crippen MR) is 77.4 cm³/mol. The third-order valence-electron chi connectivity index (χ3n) is 2.35. The molecule has 1 aliphatic heterocycles. The van der Waals surface area contributed by atoms with Crippen molar-refractivity contribution in [2.45, 2.75) is 0 Å². The number of thioether (sulfide) groups is 1. The SMILES string of the molecule is C=CCN=C1NC(=O)/C(=C/c2ccc(C#N)cc2)S1. The van der Waals surface area contributed by atoms with Crippen LogP contribution in [0, 0.1) is 11.3 Å². The lowest BCUT2D eigenvalue weighted by atomic mass is 10.1. The minimum atomic E-state index is -0.155. The summed E-state index contributed by atoms with van der Waals surface area (Å²) in [6.45, 7) is 4.05. The molecule has 0 aliphatic carbocycles. The first kappa shape index (κ1) is 13.1. The lowest BCUT2D eigenvalue weighted by molar-refractivity contribution is -0.115. The van der Waals surface area contributed by atoms with E-state index in [1.165, 1.54) is 11.8 Å². The summed E-state index contributed by atoms with van der Waals surface area (Å²) in [4.78, 5) is 16.5. The summed E-state index contributed by atoms with van der Waals surface area (Å²) in [6, 6.07) is 9.10. The van der Waals surface area contributed by atoms with Crippen LogP contribution in [0.25, 0.3) is 6.08 Å². The topological polar surface area (TPSA) is 65.2 Å². The van der Waals surface area contributed by atoms with Gasteiger partial charge in [0.25, 0.3) is 5.91 Å². The van der Waals surface area contributed by atoms with Gasteiger partial charge >= 0.3 is 0 Å². The summed E-state index contributed by atoms with van der Waals surface area (Å²) in [7, 11) is 0. The number of aliphatic imine (C=N–C) groups is 1. The van der Waals surface area contributed by atoms with Gasteiger partial charge in [-0.05, 0) is 35.5 Å². The van der Waals surface area contributed by atoms with E-state index in [2.05, 4.69) is 23.0 Å². The zero-order valence-electron chi connectivity index (χ0n) is 10.1. The molecular weight excluding hydrogens is 258 g/mol. The number of hydrogen-bond acceptors (Lipinski definition) is 4. The number of benzene rings is 1. The average Bonchev–Trinajstić information content (AvgIpc) is 2.78. The molecule has 0 radical (unpaired) electrons. The number of carbonyl (C=O) groups is 1. The fourth-order valence-corrected chi connectivity index (χ4v) is 2.28.